The molecule has 7 heteroatoms. The minimum absolute atomic E-state index is 0. The Kier molecular flexibility index (Phi) is 18.0. The van der Waals surface area contributed by atoms with Gasteiger partial charge in [-0.2, -0.15) is 0 Å². The molecular weight excluding hydrogens is 198 g/mol. The Morgan fingerprint density at radius 3 is 1.36 bits per heavy atom. The van der Waals surface area contributed by atoms with E-state index in [2.05, 4.69) is 17.9 Å². The normalized spacial score (nSPS) is 7.91. The van der Waals surface area contributed by atoms with E-state index < -0.39 is 7.82 Å². The van der Waals surface area contributed by atoms with Crippen molar-refractivity contribution in [2.45, 2.75) is 0 Å². The van der Waals surface area contributed by atoms with Gasteiger partial charge in [-0.25, -0.2) is 4.57 Å². The Bertz CT molecular complexity index is 127. The van der Waals surface area contributed by atoms with Gasteiger partial charge in [0.15, 0.2) is 0 Å². The van der Waals surface area contributed by atoms with Crippen LogP contribution in [0.15, 0.2) is 25.7 Å². The Balaban J connectivity index is -0.000000107. The SMILES string of the molecule is C=COC=C.O=P(O)(O)O.[KH]. The van der Waals surface area contributed by atoms with Crippen LogP contribution in [-0.4, -0.2) is 66.1 Å². The fraction of sp³-hybridized carbons (Fsp3) is 0. The van der Waals surface area contributed by atoms with Crippen molar-refractivity contribution in [2.75, 3.05) is 0 Å². The van der Waals surface area contributed by atoms with E-state index in [0.29, 0.717) is 0 Å². The summed E-state index contributed by atoms with van der Waals surface area (Å²) in [5, 5.41) is 0. The van der Waals surface area contributed by atoms with Gasteiger partial charge in [0.1, 0.15) is 0 Å². The molecule has 0 rings (SSSR count). The quantitative estimate of drug-likeness (QED) is 0.330. The van der Waals surface area contributed by atoms with Gasteiger partial charge in [-0.05, 0) is 0 Å². The van der Waals surface area contributed by atoms with Crippen LogP contribution in [0.1, 0.15) is 0 Å². The van der Waals surface area contributed by atoms with Crippen molar-refractivity contribution in [3.63, 3.8) is 0 Å². The third-order valence-corrected chi connectivity index (χ3v) is 0.192. The first kappa shape index (κ1) is 17.9. The molecule has 0 aliphatic rings. The van der Waals surface area contributed by atoms with E-state index in [1.54, 1.807) is 0 Å². The van der Waals surface area contributed by atoms with E-state index in [1.807, 2.05) is 0 Å². The van der Waals surface area contributed by atoms with Crippen molar-refractivity contribution >= 4 is 59.2 Å². The molecule has 0 aliphatic carbocycles. The summed E-state index contributed by atoms with van der Waals surface area (Å²) >= 11 is 0. The predicted octanol–water partition coefficient (Wildman–Crippen LogP) is -0.287. The molecule has 3 N–H and O–H groups in total. The average Bonchev–Trinajstić information content (AvgIpc) is 1.63. The summed E-state index contributed by atoms with van der Waals surface area (Å²) in [5.41, 5.74) is 0. The van der Waals surface area contributed by atoms with E-state index >= 15 is 0 Å². The summed E-state index contributed by atoms with van der Waals surface area (Å²) < 4.78 is 13.2. The van der Waals surface area contributed by atoms with Crippen LogP contribution in [-0.2, 0) is 9.30 Å². The second-order valence-corrected chi connectivity index (χ2v) is 2.01. The molecule has 0 bridgehead atoms. The van der Waals surface area contributed by atoms with Crippen LogP contribution < -0.4 is 0 Å². The molecule has 0 saturated carbocycles. The number of hydrogen-bond donors (Lipinski definition) is 3. The van der Waals surface area contributed by atoms with Gasteiger partial charge in [-0.3, -0.25) is 0 Å². The second kappa shape index (κ2) is 11.0. The monoisotopic (exact) mass is 208 g/mol. The van der Waals surface area contributed by atoms with Crippen molar-refractivity contribution in [3.8, 4) is 0 Å². The number of hydrogen-bond acceptors (Lipinski definition) is 2. The zero-order valence-corrected chi connectivity index (χ0v) is 6.07. The maximum absolute atomic E-state index is 8.88. The van der Waals surface area contributed by atoms with Crippen LogP contribution in [0.5, 0.6) is 0 Å². The van der Waals surface area contributed by atoms with Gasteiger partial charge in [-0.15, -0.1) is 0 Å². The summed E-state index contributed by atoms with van der Waals surface area (Å²) in [6.07, 6.45) is 2.62. The first-order chi connectivity index (χ1) is 4.41. The molecule has 0 unspecified atom stereocenters. The Morgan fingerprint density at radius 2 is 1.36 bits per heavy atom. The zero-order chi connectivity index (χ0) is 8.62. The molecule has 0 saturated heterocycles. The molecule has 0 spiro atoms. The van der Waals surface area contributed by atoms with Gasteiger partial charge in [0.05, 0.1) is 12.5 Å². The molecule has 0 aromatic heterocycles. The molecule has 11 heavy (non-hydrogen) atoms. The van der Waals surface area contributed by atoms with Gasteiger partial charge >= 0.3 is 59.2 Å². The van der Waals surface area contributed by atoms with Gasteiger partial charge in [-0.1, -0.05) is 13.2 Å². The van der Waals surface area contributed by atoms with E-state index in [-0.39, 0.29) is 51.4 Å². The van der Waals surface area contributed by atoms with Crippen LogP contribution in [0.25, 0.3) is 0 Å². The molecule has 0 amide bonds. The van der Waals surface area contributed by atoms with Crippen LogP contribution in [0.4, 0.5) is 0 Å². The van der Waals surface area contributed by atoms with Crippen LogP contribution in [0.2, 0.25) is 0 Å². The molecule has 0 aliphatic heterocycles. The van der Waals surface area contributed by atoms with E-state index in [9.17, 15) is 0 Å². The van der Waals surface area contributed by atoms with Crippen LogP contribution in [0.3, 0.4) is 0 Å². The third kappa shape index (κ3) is 98.1. The van der Waals surface area contributed by atoms with Crippen molar-refractivity contribution < 1.29 is 24.0 Å². The molecule has 0 fully saturated rings. The molecule has 5 nitrogen and oxygen atoms in total. The second-order valence-electron chi connectivity index (χ2n) is 0.983. The van der Waals surface area contributed by atoms with Crippen molar-refractivity contribution in [3.05, 3.63) is 25.7 Å². The third-order valence-electron chi connectivity index (χ3n) is 0.192. The molecule has 62 valence electrons. The van der Waals surface area contributed by atoms with Crippen LogP contribution >= 0.6 is 7.82 Å². The summed E-state index contributed by atoms with van der Waals surface area (Å²) in [5.74, 6) is 0. The maximum atomic E-state index is 8.88. The minimum atomic E-state index is -4.64. The Morgan fingerprint density at radius 1 is 1.18 bits per heavy atom. The number of rotatable bonds is 2. The fourth-order valence-corrected chi connectivity index (χ4v) is 0.0680. The van der Waals surface area contributed by atoms with Crippen molar-refractivity contribution in [1.82, 2.24) is 0 Å². The van der Waals surface area contributed by atoms with Crippen LogP contribution in [0, 0.1) is 0 Å². The first-order valence-electron chi connectivity index (χ1n) is 2.07. The topological polar surface area (TPSA) is 87.0 Å². The van der Waals surface area contributed by atoms with Gasteiger partial charge in [0, 0.05) is 0 Å². The molecule has 0 aromatic rings. The summed E-state index contributed by atoms with van der Waals surface area (Å²) in [7, 11) is -4.64. The summed E-state index contributed by atoms with van der Waals surface area (Å²) in [6, 6.07) is 0. The fourth-order valence-electron chi connectivity index (χ4n) is 0.0680. The van der Waals surface area contributed by atoms with E-state index in [0.717, 1.165) is 0 Å². The van der Waals surface area contributed by atoms with Gasteiger partial charge in [0.2, 0.25) is 0 Å². The molecule has 0 heterocycles. The average molecular weight is 208 g/mol. The Labute approximate surface area is 107 Å². The van der Waals surface area contributed by atoms with Gasteiger partial charge < -0.3 is 19.4 Å². The van der Waals surface area contributed by atoms with Gasteiger partial charge in [0.25, 0.3) is 0 Å². The van der Waals surface area contributed by atoms with Crippen molar-refractivity contribution in [1.29, 1.82) is 0 Å². The number of phosphoric acid groups is 1. The first-order valence-corrected chi connectivity index (χ1v) is 3.64. The molecular formula is C4H10KO5P. The molecule has 0 radical (unpaired) electrons. The zero-order valence-electron chi connectivity index (χ0n) is 5.17. The Hall–Kier alpha value is 1.03. The molecule has 0 atom stereocenters. The predicted molar refractivity (Wildman–Crippen MR) is 42.9 cm³/mol. The standard InChI is InChI=1S/C4H6O.K.H3O4P.H/c1-3-5-4-2;;1-5(2,3)4;/h3-4H,1-2H2;;(H3,1,2,3,4);. The summed E-state index contributed by atoms with van der Waals surface area (Å²) in [4.78, 5) is 21.6. The van der Waals surface area contributed by atoms with E-state index in [4.69, 9.17) is 19.2 Å². The van der Waals surface area contributed by atoms with Crippen molar-refractivity contribution in [2.24, 2.45) is 0 Å². The molecule has 0 aromatic carbocycles. The van der Waals surface area contributed by atoms with E-state index in [1.165, 1.54) is 12.5 Å². The summed E-state index contributed by atoms with van der Waals surface area (Å²) in [6.45, 7) is 6.51. The number of ether oxygens (including phenoxy) is 1.